The van der Waals surface area contributed by atoms with Gasteiger partial charge in [-0.15, -0.1) is 0 Å². The van der Waals surface area contributed by atoms with Crippen LogP contribution in [-0.4, -0.2) is 22.0 Å². The summed E-state index contributed by atoms with van der Waals surface area (Å²) in [5, 5.41) is 11.1. The summed E-state index contributed by atoms with van der Waals surface area (Å²) in [6, 6.07) is 10.6. The third-order valence-corrected chi connectivity index (χ3v) is 3.34. The third kappa shape index (κ3) is 3.69. The molecule has 0 aliphatic rings. The molecule has 8 heteroatoms. The molecule has 0 bridgehead atoms. The quantitative estimate of drug-likeness (QED) is 0.680. The first-order valence-electron chi connectivity index (χ1n) is 7.21. The molecule has 0 spiro atoms. The number of aromatic nitrogens is 2. The van der Waals surface area contributed by atoms with Crippen LogP contribution in [-0.2, 0) is 0 Å². The molecular weight excluding hydrogens is 330 g/mol. The number of nitrogens with one attached hydrogen (secondary N) is 3. The standard InChI is InChI=1S/C17H12F2N4O2/c18-10-5-7-11(8-6-10)21-17(25)15-14(9-20-23-15)22-16(24)12-3-1-2-4-13(12)19/h1-9H,(H,20,23)(H,21,25)(H,22,24). The maximum Gasteiger partial charge on any atom is 0.275 e. The van der Waals surface area contributed by atoms with E-state index in [2.05, 4.69) is 20.8 Å². The molecule has 1 aromatic heterocycles. The lowest BCUT2D eigenvalue weighted by molar-refractivity contribution is 0.102. The van der Waals surface area contributed by atoms with Crippen molar-refractivity contribution in [1.29, 1.82) is 0 Å². The molecule has 2 amide bonds. The molecule has 1 heterocycles. The second kappa shape index (κ2) is 6.91. The number of halogens is 2. The van der Waals surface area contributed by atoms with E-state index in [9.17, 15) is 18.4 Å². The molecule has 0 saturated heterocycles. The van der Waals surface area contributed by atoms with Crippen LogP contribution < -0.4 is 10.6 Å². The van der Waals surface area contributed by atoms with Gasteiger partial charge in [-0.05, 0) is 36.4 Å². The molecular formula is C17H12F2N4O2. The number of nitrogens with zero attached hydrogens (tertiary/aromatic N) is 1. The Labute approximate surface area is 140 Å². The Morgan fingerprint density at radius 1 is 0.920 bits per heavy atom. The van der Waals surface area contributed by atoms with Gasteiger partial charge in [0, 0.05) is 5.69 Å². The van der Waals surface area contributed by atoms with Gasteiger partial charge >= 0.3 is 0 Å². The lowest BCUT2D eigenvalue weighted by Crippen LogP contribution is -2.18. The lowest BCUT2D eigenvalue weighted by Gasteiger charge is -2.07. The van der Waals surface area contributed by atoms with E-state index in [-0.39, 0.29) is 16.9 Å². The van der Waals surface area contributed by atoms with Gasteiger partial charge in [0.05, 0.1) is 17.4 Å². The number of hydrogen-bond acceptors (Lipinski definition) is 3. The maximum absolute atomic E-state index is 13.7. The van der Waals surface area contributed by atoms with Gasteiger partial charge < -0.3 is 10.6 Å². The molecule has 25 heavy (non-hydrogen) atoms. The number of H-pyrrole nitrogens is 1. The van der Waals surface area contributed by atoms with Crippen LogP contribution in [0.25, 0.3) is 0 Å². The number of anilines is 2. The number of aromatic amines is 1. The van der Waals surface area contributed by atoms with Crippen LogP contribution in [0.1, 0.15) is 20.8 Å². The summed E-state index contributed by atoms with van der Waals surface area (Å²) >= 11 is 0. The van der Waals surface area contributed by atoms with Crippen molar-refractivity contribution in [1.82, 2.24) is 10.2 Å². The minimum absolute atomic E-state index is 0.0194. The summed E-state index contributed by atoms with van der Waals surface area (Å²) in [4.78, 5) is 24.4. The maximum atomic E-state index is 13.7. The molecule has 0 fully saturated rings. The molecule has 0 unspecified atom stereocenters. The van der Waals surface area contributed by atoms with Crippen molar-refractivity contribution in [3.05, 3.63) is 77.6 Å². The van der Waals surface area contributed by atoms with Gasteiger partial charge in [0.1, 0.15) is 17.3 Å². The number of benzene rings is 2. The first-order chi connectivity index (χ1) is 12.0. The Hall–Kier alpha value is -3.55. The van der Waals surface area contributed by atoms with E-state index in [1.54, 1.807) is 0 Å². The van der Waals surface area contributed by atoms with Crippen LogP contribution in [0.15, 0.2) is 54.7 Å². The fourth-order valence-electron chi connectivity index (χ4n) is 2.12. The first-order valence-corrected chi connectivity index (χ1v) is 7.21. The fraction of sp³-hybridized carbons (Fsp3) is 0. The minimum Gasteiger partial charge on any atom is -0.321 e. The monoisotopic (exact) mass is 342 g/mol. The van der Waals surface area contributed by atoms with Gasteiger partial charge in [0.15, 0.2) is 0 Å². The van der Waals surface area contributed by atoms with E-state index in [0.29, 0.717) is 5.69 Å². The van der Waals surface area contributed by atoms with Gasteiger partial charge in [0.2, 0.25) is 0 Å². The second-order valence-electron chi connectivity index (χ2n) is 5.05. The van der Waals surface area contributed by atoms with Gasteiger partial charge in [-0.1, -0.05) is 12.1 Å². The number of amides is 2. The van der Waals surface area contributed by atoms with Crippen molar-refractivity contribution in [2.45, 2.75) is 0 Å². The third-order valence-electron chi connectivity index (χ3n) is 3.34. The summed E-state index contributed by atoms with van der Waals surface area (Å²) in [7, 11) is 0. The Bertz CT molecular complexity index is 922. The van der Waals surface area contributed by atoms with E-state index in [4.69, 9.17) is 0 Å². The molecule has 0 atom stereocenters. The predicted octanol–water partition coefficient (Wildman–Crippen LogP) is 3.19. The molecule has 3 rings (SSSR count). The zero-order chi connectivity index (χ0) is 17.8. The van der Waals surface area contributed by atoms with E-state index in [0.717, 1.165) is 6.07 Å². The number of rotatable bonds is 4. The zero-order valence-electron chi connectivity index (χ0n) is 12.7. The largest absolute Gasteiger partial charge is 0.321 e. The fourth-order valence-corrected chi connectivity index (χ4v) is 2.12. The van der Waals surface area contributed by atoms with Crippen molar-refractivity contribution in [3.8, 4) is 0 Å². The molecule has 6 nitrogen and oxygen atoms in total. The van der Waals surface area contributed by atoms with Crippen molar-refractivity contribution >= 4 is 23.2 Å². The molecule has 126 valence electrons. The smallest absolute Gasteiger partial charge is 0.275 e. The Morgan fingerprint density at radius 3 is 2.36 bits per heavy atom. The highest BCUT2D eigenvalue weighted by Gasteiger charge is 2.18. The summed E-state index contributed by atoms with van der Waals surface area (Å²) < 4.78 is 26.5. The molecule has 2 aromatic carbocycles. The van der Waals surface area contributed by atoms with E-state index >= 15 is 0 Å². The summed E-state index contributed by atoms with van der Waals surface area (Å²) in [5.74, 6) is -2.42. The average Bonchev–Trinajstić information content (AvgIpc) is 3.05. The van der Waals surface area contributed by atoms with E-state index < -0.39 is 23.4 Å². The SMILES string of the molecule is O=C(Nc1cn[nH]c1C(=O)Nc1ccc(F)cc1)c1ccccc1F. The van der Waals surface area contributed by atoms with E-state index in [1.165, 1.54) is 48.7 Å². The van der Waals surface area contributed by atoms with Crippen molar-refractivity contribution in [3.63, 3.8) is 0 Å². The summed E-state index contributed by atoms with van der Waals surface area (Å²) in [5.41, 5.74) is 0.280. The Kier molecular flexibility index (Phi) is 4.51. The number of hydrogen-bond donors (Lipinski definition) is 3. The van der Waals surface area contributed by atoms with Gasteiger partial charge in [-0.2, -0.15) is 5.10 Å². The van der Waals surface area contributed by atoms with E-state index in [1.807, 2.05) is 0 Å². The van der Waals surface area contributed by atoms with Gasteiger partial charge in [0.25, 0.3) is 11.8 Å². The van der Waals surface area contributed by atoms with Crippen LogP contribution in [0.2, 0.25) is 0 Å². The molecule has 3 N–H and O–H groups in total. The van der Waals surface area contributed by atoms with Crippen molar-refractivity contribution in [2.24, 2.45) is 0 Å². The topological polar surface area (TPSA) is 86.9 Å². The highest BCUT2D eigenvalue weighted by Crippen LogP contribution is 2.17. The first kappa shape index (κ1) is 16.3. The minimum atomic E-state index is -0.713. The molecule has 0 aliphatic carbocycles. The second-order valence-corrected chi connectivity index (χ2v) is 5.05. The number of carbonyl (C=O) groups is 2. The molecule has 0 saturated carbocycles. The van der Waals surface area contributed by atoms with Crippen LogP contribution in [0.3, 0.4) is 0 Å². The van der Waals surface area contributed by atoms with Gasteiger partial charge in [-0.25, -0.2) is 8.78 Å². The zero-order valence-corrected chi connectivity index (χ0v) is 12.7. The normalized spacial score (nSPS) is 10.3. The molecule has 0 radical (unpaired) electrons. The highest BCUT2D eigenvalue weighted by atomic mass is 19.1. The lowest BCUT2D eigenvalue weighted by atomic mass is 10.2. The summed E-state index contributed by atoms with van der Waals surface area (Å²) in [6.07, 6.45) is 1.23. The van der Waals surface area contributed by atoms with Crippen molar-refractivity contribution < 1.29 is 18.4 Å². The van der Waals surface area contributed by atoms with Crippen LogP contribution in [0.4, 0.5) is 20.2 Å². The molecule has 0 aliphatic heterocycles. The highest BCUT2D eigenvalue weighted by molar-refractivity contribution is 6.11. The van der Waals surface area contributed by atoms with Crippen LogP contribution in [0.5, 0.6) is 0 Å². The van der Waals surface area contributed by atoms with Crippen LogP contribution >= 0.6 is 0 Å². The van der Waals surface area contributed by atoms with Crippen LogP contribution in [0, 0.1) is 11.6 Å². The van der Waals surface area contributed by atoms with Crippen molar-refractivity contribution in [2.75, 3.05) is 10.6 Å². The Balaban J connectivity index is 1.76. The summed E-state index contributed by atoms with van der Waals surface area (Å²) in [6.45, 7) is 0. The number of carbonyl (C=O) groups excluding carboxylic acids is 2. The predicted molar refractivity (Wildman–Crippen MR) is 87.3 cm³/mol. The molecule has 3 aromatic rings. The Morgan fingerprint density at radius 2 is 1.64 bits per heavy atom. The average molecular weight is 342 g/mol. The van der Waals surface area contributed by atoms with Gasteiger partial charge in [-0.3, -0.25) is 14.7 Å².